The highest BCUT2D eigenvalue weighted by Crippen LogP contribution is 2.49. The maximum Gasteiger partial charge on any atom is 0.289 e. The average molecular weight is 489 g/mol. The lowest BCUT2D eigenvalue weighted by Gasteiger charge is -2.37. The molecular weight excluding hydrogens is 454 g/mol. The van der Waals surface area contributed by atoms with E-state index in [0.29, 0.717) is 44.8 Å². The van der Waals surface area contributed by atoms with Gasteiger partial charge in [0, 0.05) is 51.1 Å². The summed E-state index contributed by atoms with van der Waals surface area (Å²) in [5.74, 6) is -2.11. The molecule has 1 aliphatic heterocycles. The molecule has 2 amide bonds. The van der Waals surface area contributed by atoms with Gasteiger partial charge >= 0.3 is 0 Å². The second-order valence-electron chi connectivity index (χ2n) is 10.3. The molecule has 4 rings (SSSR count). The van der Waals surface area contributed by atoms with E-state index in [1.165, 1.54) is 6.92 Å². The van der Waals surface area contributed by atoms with E-state index in [4.69, 9.17) is 0 Å². The number of amides is 2. The Morgan fingerprint density at radius 1 is 1.06 bits per heavy atom. The van der Waals surface area contributed by atoms with Crippen LogP contribution in [-0.2, 0) is 17.8 Å². The molecule has 1 aromatic carbocycles. The molecule has 1 spiro atoms. The van der Waals surface area contributed by atoms with E-state index in [1.807, 2.05) is 42.7 Å². The van der Waals surface area contributed by atoms with Crippen LogP contribution in [0.2, 0.25) is 0 Å². The predicted molar refractivity (Wildman–Crippen MR) is 130 cm³/mol. The van der Waals surface area contributed by atoms with Gasteiger partial charge < -0.3 is 15.5 Å². The van der Waals surface area contributed by atoms with Gasteiger partial charge in [0.25, 0.3) is 5.91 Å². The van der Waals surface area contributed by atoms with Crippen molar-refractivity contribution in [2.45, 2.75) is 77.8 Å². The predicted octanol–water partition coefficient (Wildman–Crippen LogP) is 4.02. The SMILES string of the molecule is CC(=O)Nc1ccc(CCn2c(C(=O)NC(C)C)nnc2N2CCC3(CCC(F)(F)CC3)C2)cc1. The van der Waals surface area contributed by atoms with Crippen molar-refractivity contribution in [3.05, 3.63) is 35.7 Å². The van der Waals surface area contributed by atoms with Gasteiger partial charge in [-0.05, 0) is 62.6 Å². The van der Waals surface area contributed by atoms with Gasteiger partial charge in [-0.2, -0.15) is 0 Å². The molecule has 1 aromatic heterocycles. The van der Waals surface area contributed by atoms with Crippen LogP contribution in [0.4, 0.5) is 20.4 Å². The molecule has 1 aliphatic carbocycles. The van der Waals surface area contributed by atoms with E-state index in [1.54, 1.807) is 0 Å². The fourth-order valence-electron chi connectivity index (χ4n) is 5.09. The first kappa shape index (κ1) is 25.1. The van der Waals surface area contributed by atoms with Crippen LogP contribution >= 0.6 is 0 Å². The number of carbonyl (C=O) groups is 2. The molecule has 0 unspecified atom stereocenters. The van der Waals surface area contributed by atoms with Crippen LogP contribution in [0.15, 0.2) is 24.3 Å². The van der Waals surface area contributed by atoms with Crippen LogP contribution in [0.25, 0.3) is 0 Å². The van der Waals surface area contributed by atoms with Gasteiger partial charge in [0.15, 0.2) is 0 Å². The third-order valence-corrected chi connectivity index (χ3v) is 7.02. The molecule has 190 valence electrons. The lowest BCUT2D eigenvalue weighted by atomic mass is 9.72. The summed E-state index contributed by atoms with van der Waals surface area (Å²) < 4.78 is 29.4. The molecule has 0 atom stereocenters. The van der Waals surface area contributed by atoms with Crippen LogP contribution in [0.3, 0.4) is 0 Å². The van der Waals surface area contributed by atoms with E-state index in [2.05, 4.69) is 25.7 Å². The number of alkyl halides is 2. The highest BCUT2D eigenvalue weighted by molar-refractivity contribution is 5.91. The number of hydrogen-bond donors (Lipinski definition) is 2. The lowest BCUT2D eigenvalue weighted by Crippen LogP contribution is -2.36. The zero-order valence-electron chi connectivity index (χ0n) is 20.6. The molecule has 8 nitrogen and oxygen atoms in total. The molecule has 1 saturated heterocycles. The number of nitrogens with zero attached hydrogens (tertiary/aromatic N) is 4. The van der Waals surface area contributed by atoms with Crippen molar-refractivity contribution in [3.8, 4) is 0 Å². The van der Waals surface area contributed by atoms with Crippen LogP contribution < -0.4 is 15.5 Å². The number of carbonyl (C=O) groups excluding carboxylic acids is 2. The Labute approximate surface area is 204 Å². The van der Waals surface area contributed by atoms with E-state index in [0.717, 1.165) is 17.7 Å². The summed E-state index contributed by atoms with van der Waals surface area (Å²) in [5, 5.41) is 14.2. The minimum atomic E-state index is -2.56. The summed E-state index contributed by atoms with van der Waals surface area (Å²) >= 11 is 0. The minimum absolute atomic E-state index is 0.0450. The molecule has 2 aromatic rings. The zero-order valence-corrected chi connectivity index (χ0v) is 20.6. The van der Waals surface area contributed by atoms with Crippen molar-refractivity contribution >= 4 is 23.5 Å². The molecule has 2 heterocycles. The van der Waals surface area contributed by atoms with Gasteiger partial charge in [0.1, 0.15) is 0 Å². The fraction of sp³-hybridized carbons (Fsp3) is 0.600. The van der Waals surface area contributed by atoms with Gasteiger partial charge in [-0.3, -0.25) is 14.2 Å². The average Bonchev–Trinajstić information content (AvgIpc) is 3.39. The smallest absolute Gasteiger partial charge is 0.289 e. The van der Waals surface area contributed by atoms with E-state index in [9.17, 15) is 18.4 Å². The Kier molecular flexibility index (Phi) is 7.10. The van der Waals surface area contributed by atoms with Crippen molar-refractivity contribution in [2.24, 2.45) is 5.41 Å². The zero-order chi connectivity index (χ0) is 25.2. The fourth-order valence-corrected chi connectivity index (χ4v) is 5.09. The summed E-state index contributed by atoms with van der Waals surface area (Å²) in [6.45, 7) is 7.09. The molecule has 0 bridgehead atoms. The molecule has 2 aliphatic rings. The van der Waals surface area contributed by atoms with Crippen LogP contribution in [0.5, 0.6) is 0 Å². The Morgan fingerprint density at radius 2 is 1.74 bits per heavy atom. The van der Waals surface area contributed by atoms with Crippen LogP contribution in [-0.4, -0.2) is 51.6 Å². The summed E-state index contributed by atoms with van der Waals surface area (Å²) in [5.41, 5.74) is 1.64. The molecule has 10 heteroatoms. The van der Waals surface area contributed by atoms with Gasteiger partial charge in [0.05, 0.1) is 0 Å². The highest BCUT2D eigenvalue weighted by atomic mass is 19.3. The van der Waals surface area contributed by atoms with E-state index < -0.39 is 5.92 Å². The number of hydrogen-bond acceptors (Lipinski definition) is 5. The second-order valence-corrected chi connectivity index (χ2v) is 10.3. The second kappa shape index (κ2) is 9.91. The maximum atomic E-state index is 13.8. The number of aryl methyl sites for hydroxylation is 1. The summed E-state index contributed by atoms with van der Waals surface area (Å²) in [6.07, 6.45) is 2.36. The van der Waals surface area contributed by atoms with E-state index >= 15 is 0 Å². The number of benzene rings is 1. The normalized spacial score (nSPS) is 18.7. The standard InChI is InChI=1S/C25H34F2N6O2/c1-17(2)28-22(35)21-30-31-23(32-15-13-24(16-32)9-11-25(26,27)12-10-24)33(21)14-8-19-4-6-20(7-5-19)29-18(3)34/h4-7,17H,8-16H2,1-3H3,(H,28,35)(H,29,34). The summed E-state index contributed by atoms with van der Waals surface area (Å²) in [7, 11) is 0. The molecule has 2 N–H and O–H groups in total. The third-order valence-electron chi connectivity index (χ3n) is 7.02. The first-order valence-electron chi connectivity index (χ1n) is 12.3. The van der Waals surface area contributed by atoms with Gasteiger partial charge in [-0.15, -0.1) is 10.2 Å². The molecule has 35 heavy (non-hydrogen) atoms. The summed E-state index contributed by atoms with van der Waals surface area (Å²) in [6, 6.07) is 7.53. The maximum absolute atomic E-state index is 13.8. The van der Waals surface area contributed by atoms with Gasteiger partial charge in [-0.1, -0.05) is 12.1 Å². The number of anilines is 2. The quantitative estimate of drug-likeness (QED) is 0.614. The first-order chi connectivity index (χ1) is 16.6. The van der Waals surface area contributed by atoms with Crippen molar-refractivity contribution in [1.29, 1.82) is 0 Å². The van der Waals surface area contributed by atoms with Crippen LogP contribution in [0, 0.1) is 5.41 Å². The number of nitrogens with one attached hydrogen (secondary N) is 2. The third kappa shape index (κ3) is 5.97. The Bertz CT molecular complexity index is 1060. The number of rotatable bonds is 7. The van der Waals surface area contributed by atoms with Gasteiger partial charge in [-0.25, -0.2) is 8.78 Å². The van der Waals surface area contributed by atoms with Crippen molar-refractivity contribution < 1.29 is 18.4 Å². The van der Waals surface area contributed by atoms with Crippen molar-refractivity contribution in [2.75, 3.05) is 23.3 Å². The number of halogens is 2. The largest absolute Gasteiger partial charge is 0.347 e. The molecule has 1 saturated carbocycles. The lowest BCUT2D eigenvalue weighted by molar-refractivity contribution is -0.114. The topological polar surface area (TPSA) is 92.2 Å². The van der Waals surface area contributed by atoms with Crippen LogP contribution in [0.1, 0.15) is 69.1 Å². The Morgan fingerprint density at radius 3 is 2.37 bits per heavy atom. The Balaban J connectivity index is 1.52. The minimum Gasteiger partial charge on any atom is -0.347 e. The monoisotopic (exact) mass is 488 g/mol. The molecule has 0 radical (unpaired) electrons. The highest BCUT2D eigenvalue weighted by Gasteiger charge is 2.47. The Hall–Kier alpha value is -3.04. The van der Waals surface area contributed by atoms with E-state index in [-0.39, 0.29) is 41.9 Å². The number of aromatic nitrogens is 3. The molecular formula is C25H34F2N6O2. The van der Waals surface area contributed by atoms with Gasteiger partial charge in [0.2, 0.25) is 23.6 Å². The first-order valence-corrected chi connectivity index (χ1v) is 12.3. The summed E-state index contributed by atoms with van der Waals surface area (Å²) in [4.78, 5) is 26.2. The van der Waals surface area contributed by atoms with Crippen molar-refractivity contribution in [1.82, 2.24) is 20.1 Å². The van der Waals surface area contributed by atoms with Crippen molar-refractivity contribution in [3.63, 3.8) is 0 Å². The molecule has 2 fully saturated rings.